The number of amides is 1. The van der Waals surface area contributed by atoms with Crippen LogP contribution in [0.15, 0.2) is 28.8 Å². The Morgan fingerprint density at radius 2 is 1.96 bits per heavy atom. The van der Waals surface area contributed by atoms with E-state index < -0.39 is 0 Å². The predicted molar refractivity (Wildman–Crippen MR) is 97.9 cm³/mol. The van der Waals surface area contributed by atoms with Crippen molar-refractivity contribution in [1.29, 1.82) is 0 Å². The number of benzene rings is 1. The van der Waals surface area contributed by atoms with E-state index in [1.165, 1.54) is 25.7 Å². The van der Waals surface area contributed by atoms with Crippen LogP contribution in [0.4, 0.5) is 0 Å². The van der Waals surface area contributed by atoms with Crippen molar-refractivity contribution in [2.24, 2.45) is 11.7 Å². The lowest BCUT2D eigenvalue weighted by molar-refractivity contribution is -0.121. The van der Waals surface area contributed by atoms with Crippen molar-refractivity contribution in [1.82, 2.24) is 15.5 Å². The summed E-state index contributed by atoms with van der Waals surface area (Å²) in [7, 11) is 0. The first kappa shape index (κ1) is 19.4. The highest BCUT2D eigenvalue weighted by Gasteiger charge is 2.16. The van der Waals surface area contributed by atoms with Gasteiger partial charge in [0.1, 0.15) is 0 Å². The first-order valence-corrected chi connectivity index (χ1v) is 8.63. The topological polar surface area (TPSA) is 94.0 Å². The standard InChI is InChI=1S/C18H24N4O2.ClH/c19-11-14-5-8-15(9-6-14)18-21-17(24-22-18)12-20-16(23)10-7-13-3-1-2-4-13;/h5-6,8-9,13H,1-4,7,10-12,19H2,(H,20,23);1H. The van der Waals surface area contributed by atoms with Gasteiger partial charge in [0.2, 0.25) is 17.6 Å². The quantitative estimate of drug-likeness (QED) is 0.786. The molecule has 0 atom stereocenters. The van der Waals surface area contributed by atoms with Crippen LogP contribution in [0.5, 0.6) is 0 Å². The Morgan fingerprint density at radius 3 is 2.64 bits per heavy atom. The van der Waals surface area contributed by atoms with Crippen molar-refractivity contribution in [2.75, 3.05) is 0 Å². The number of nitrogens with one attached hydrogen (secondary N) is 1. The van der Waals surface area contributed by atoms with Crippen molar-refractivity contribution < 1.29 is 9.32 Å². The van der Waals surface area contributed by atoms with E-state index in [1.54, 1.807) is 0 Å². The molecule has 1 aliphatic carbocycles. The molecular weight excluding hydrogens is 340 g/mol. The number of halogens is 1. The Hall–Kier alpha value is -1.92. The van der Waals surface area contributed by atoms with E-state index in [2.05, 4.69) is 15.5 Å². The fraction of sp³-hybridized carbons (Fsp3) is 0.500. The van der Waals surface area contributed by atoms with Gasteiger partial charge in [-0.15, -0.1) is 12.4 Å². The maximum Gasteiger partial charge on any atom is 0.246 e. The van der Waals surface area contributed by atoms with Gasteiger partial charge in [-0.2, -0.15) is 4.98 Å². The molecule has 0 unspecified atom stereocenters. The predicted octanol–water partition coefficient (Wildman–Crippen LogP) is 3.20. The summed E-state index contributed by atoms with van der Waals surface area (Å²) in [6.45, 7) is 0.780. The fourth-order valence-electron chi connectivity index (χ4n) is 3.13. The van der Waals surface area contributed by atoms with Crippen LogP contribution in [0.25, 0.3) is 11.4 Å². The van der Waals surface area contributed by atoms with Gasteiger partial charge in [0, 0.05) is 18.5 Å². The molecule has 0 bridgehead atoms. The van der Waals surface area contributed by atoms with E-state index >= 15 is 0 Å². The van der Waals surface area contributed by atoms with Crippen molar-refractivity contribution in [3.63, 3.8) is 0 Å². The second-order valence-corrected chi connectivity index (χ2v) is 6.38. The second-order valence-electron chi connectivity index (χ2n) is 6.38. The summed E-state index contributed by atoms with van der Waals surface area (Å²) in [5.41, 5.74) is 7.51. The van der Waals surface area contributed by atoms with Crippen LogP contribution in [0.2, 0.25) is 0 Å². The SMILES string of the molecule is Cl.NCc1ccc(-c2noc(CNC(=O)CCC3CCCC3)n2)cc1. The zero-order valence-electron chi connectivity index (χ0n) is 14.2. The highest BCUT2D eigenvalue weighted by Crippen LogP contribution is 2.28. The third-order valence-corrected chi connectivity index (χ3v) is 4.61. The Morgan fingerprint density at radius 1 is 1.24 bits per heavy atom. The molecule has 1 heterocycles. The number of hydrogen-bond donors (Lipinski definition) is 2. The number of carbonyl (C=O) groups excluding carboxylic acids is 1. The van der Waals surface area contributed by atoms with Crippen molar-refractivity contribution in [3.05, 3.63) is 35.7 Å². The van der Waals surface area contributed by atoms with Crippen molar-refractivity contribution >= 4 is 18.3 Å². The lowest BCUT2D eigenvalue weighted by Gasteiger charge is -2.07. The normalized spacial score (nSPS) is 14.3. The van der Waals surface area contributed by atoms with E-state index in [4.69, 9.17) is 10.3 Å². The molecule has 6 nitrogen and oxygen atoms in total. The monoisotopic (exact) mass is 364 g/mol. The van der Waals surface area contributed by atoms with E-state index in [1.807, 2.05) is 24.3 Å². The van der Waals surface area contributed by atoms with Crippen molar-refractivity contribution in [2.45, 2.75) is 51.6 Å². The summed E-state index contributed by atoms with van der Waals surface area (Å²) >= 11 is 0. The summed E-state index contributed by atoms with van der Waals surface area (Å²) < 4.78 is 5.20. The van der Waals surface area contributed by atoms with Gasteiger partial charge in [0.15, 0.2) is 0 Å². The Kier molecular flexibility index (Phi) is 7.40. The summed E-state index contributed by atoms with van der Waals surface area (Å²) in [5, 5.41) is 6.81. The number of nitrogens with zero attached hydrogens (tertiary/aromatic N) is 2. The third-order valence-electron chi connectivity index (χ3n) is 4.61. The molecule has 0 spiro atoms. The molecule has 0 radical (unpaired) electrons. The van der Waals surface area contributed by atoms with Crippen LogP contribution in [-0.4, -0.2) is 16.0 Å². The molecule has 3 rings (SSSR count). The van der Waals surface area contributed by atoms with Gasteiger partial charge < -0.3 is 15.6 Å². The molecule has 136 valence electrons. The maximum atomic E-state index is 11.9. The lowest BCUT2D eigenvalue weighted by Crippen LogP contribution is -2.23. The van der Waals surface area contributed by atoms with Crippen molar-refractivity contribution in [3.8, 4) is 11.4 Å². The van der Waals surface area contributed by atoms with Crippen LogP contribution < -0.4 is 11.1 Å². The number of carbonyl (C=O) groups is 1. The molecule has 1 aromatic heterocycles. The minimum atomic E-state index is 0. The van der Waals surface area contributed by atoms with E-state index in [0.29, 0.717) is 24.7 Å². The zero-order valence-corrected chi connectivity index (χ0v) is 15.1. The summed E-state index contributed by atoms with van der Waals surface area (Å²) in [6, 6.07) is 7.71. The number of rotatable bonds is 7. The molecule has 2 aromatic rings. The molecule has 1 fully saturated rings. The minimum absolute atomic E-state index is 0. The maximum absolute atomic E-state index is 11.9. The van der Waals surface area contributed by atoms with Crippen LogP contribution in [0, 0.1) is 5.92 Å². The van der Waals surface area contributed by atoms with Gasteiger partial charge in [-0.3, -0.25) is 4.79 Å². The number of aromatic nitrogens is 2. The van der Waals surface area contributed by atoms with Crippen LogP contribution in [0.1, 0.15) is 50.0 Å². The molecule has 7 heteroatoms. The fourth-order valence-corrected chi connectivity index (χ4v) is 3.13. The van der Waals surface area contributed by atoms with Gasteiger partial charge >= 0.3 is 0 Å². The molecule has 1 saturated carbocycles. The molecule has 1 amide bonds. The van der Waals surface area contributed by atoms with Crippen LogP contribution in [-0.2, 0) is 17.9 Å². The Bertz CT molecular complexity index is 666. The Balaban J connectivity index is 0.00000225. The van der Waals surface area contributed by atoms with Crippen LogP contribution >= 0.6 is 12.4 Å². The minimum Gasteiger partial charge on any atom is -0.347 e. The van der Waals surface area contributed by atoms with Crippen LogP contribution in [0.3, 0.4) is 0 Å². The van der Waals surface area contributed by atoms with Gasteiger partial charge in [-0.25, -0.2) is 0 Å². The summed E-state index contributed by atoms with van der Waals surface area (Å²) in [6.07, 6.45) is 6.71. The molecule has 25 heavy (non-hydrogen) atoms. The average molecular weight is 365 g/mol. The largest absolute Gasteiger partial charge is 0.347 e. The molecule has 1 aromatic carbocycles. The van der Waals surface area contributed by atoms with Gasteiger partial charge in [0.25, 0.3) is 0 Å². The lowest BCUT2D eigenvalue weighted by atomic mass is 10.0. The Labute approximate surface area is 154 Å². The summed E-state index contributed by atoms with van der Waals surface area (Å²) in [5.74, 6) is 1.71. The third kappa shape index (κ3) is 5.54. The molecule has 1 aliphatic rings. The smallest absolute Gasteiger partial charge is 0.246 e. The van der Waals surface area contributed by atoms with Gasteiger partial charge in [-0.1, -0.05) is 55.1 Å². The second kappa shape index (κ2) is 9.53. The average Bonchev–Trinajstić information content (AvgIpc) is 3.30. The highest BCUT2D eigenvalue weighted by molar-refractivity contribution is 5.85. The van der Waals surface area contributed by atoms with E-state index in [0.717, 1.165) is 23.5 Å². The highest BCUT2D eigenvalue weighted by atomic mass is 35.5. The van der Waals surface area contributed by atoms with Gasteiger partial charge in [0.05, 0.1) is 6.54 Å². The molecule has 3 N–H and O–H groups in total. The zero-order chi connectivity index (χ0) is 16.8. The first-order chi connectivity index (χ1) is 11.7. The van der Waals surface area contributed by atoms with Gasteiger partial charge in [-0.05, 0) is 17.9 Å². The molecule has 0 aliphatic heterocycles. The number of nitrogens with two attached hydrogens (primary N) is 1. The van der Waals surface area contributed by atoms with E-state index in [-0.39, 0.29) is 24.9 Å². The summed E-state index contributed by atoms with van der Waals surface area (Å²) in [4.78, 5) is 16.2. The molecule has 0 saturated heterocycles. The first-order valence-electron chi connectivity index (χ1n) is 8.63. The van der Waals surface area contributed by atoms with E-state index in [9.17, 15) is 4.79 Å². The number of hydrogen-bond acceptors (Lipinski definition) is 5. The molecular formula is C18H25ClN4O2.